The molecule has 0 spiro atoms. The summed E-state index contributed by atoms with van der Waals surface area (Å²) < 4.78 is 13.4. The molecule has 0 bridgehead atoms. The summed E-state index contributed by atoms with van der Waals surface area (Å²) in [4.78, 5) is 0. The smallest absolute Gasteiger partial charge is 0.150 e. The number of hydrogen-bond donors (Lipinski definition) is 0. The Kier molecular flexibility index (Phi) is 3.42. The highest BCUT2D eigenvalue weighted by Gasteiger charge is 2.20. The van der Waals surface area contributed by atoms with Gasteiger partial charge in [0.05, 0.1) is 24.2 Å². The van der Waals surface area contributed by atoms with E-state index in [1.807, 2.05) is 10.9 Å². The minimum Gasteiger partial charge on any atom is -0.496 e. The van der Waals surface area contributed by atoms with Crippen LogP contribution in [0, 0.1) is 0 Å². The Balaban J connectivity index is 2.08. The highest BCUT2D eigenvalue weighted by Crippen LogP contribution is 2.33. The molecule has 0 amide bonds. The molecule has 4 nitrogen and oxygen atoms in total. The molecule has 1 aromatic carbocycles. The van der Waals surface area contributed by atoms with Crippen molar-refractivity contribution in [2.45, 2.75) is 38.8 Å². The average molecular weight is 260 g/mol. The van der Waals surface area contributed by atoms with E-state index in [1.165, 1.54) is 12.0 Å². The number of benzene rings is 1. The predicted octanol–water partition coefficient (Wildman–Crippen LogP) is 3.31. The van der Waals surface area contributed by atoms with Gasteiger partial charge in [0.25, 0.3) is 0 Å². The molecule has 0 radical (unpaired) electrons. The third kappa shape index (κ3) is 2.10. The maximum Gasteiger partial charge on any atom is 0.150 e. The largest absolute Gasteiger partial charge is 0.496 e. The lowest BCUT2D eigenvalue weighted by Gasteiger charge is -2.23. The first-order valence-corrected chi connectivity index (χ1v) is 7.00. The molecule has 1 saturated heterocycles. The maximum absolute atomic E-state index is 5.82. The topological polar surface area (TPSA) is 36.3 Å². The standard InChI is InChI=1S/C15H20N2O2/c1-3-11-7-8-13-12(15(11)18-2)10-16-17(13)14-6-4-5-9-19-14/h7-8,10,14H,3-6,9H2,1-2H3. The van der Waals surface area contributed by atoms with Gasteiger partial charge in [-0.1, -0.05) is 13.0 Å². The fraction of sp³-hybridized carbons (Fsp3) is 0.533. The van der Waals surface area contributed by atoms with Crippen molar-refractivity contribution in [1.29, 1.82) is 0 Å². The van der Waals surface area contributed by atoms with Crippen molar-refractivity contribution in [2.24, 2.45) is 0 Å². The van der Waals surface area contributed by atoms with E-state index in [4.69, 9.17) is 9.47 Å². The van der Waals surface area contributed by atoms with Crippen LogP contribution in [0.4, 0.5) is 0 Å². The van der Waals surface area contributed by atoms with Gasteiger partial charge in [0.15, 0.2) is 6.23 Å². The third-order valence-corrected chi connectivity index (χ3v) is 3.83. The van der Waals surface area contributed by atoms with E-state index in [9.17, 15) is 0 Å². The molecule has 4 heteroatoms. The van der Waals surface area contributed by atoms with E-state index in [2.05, 4.69) is 24.2 Å². The number of ether oxygens (including phenoxy) is 2. The van der Waals surface area contributed by atoms with Gasteiger partial charge in [0, 0.05) is 6.61 Å². The number of rotatable bonds is 3. The van der Waals surface area contributed by atoms with Crippen molar-refractivity contribution < 1.29 is 9.47 Å². The predicted molar refractivity (Wildman–Crippen MR) is 74.5 cm³/mol. The maximum atomic E-state index is 5.82. The number of hydrogen-bond acceptors (Lipinski definition) is 3. The monoisotopic (exact) mass is 260 g/mol. The highest BCUT2D eigenvalue weighted by atomic mass is 16.5. The van der Waals surface area contributed by atoms with E-state index in [1.54, 1.807) is 7.11 Å². The van der Waals surface area contributed by atoms with E-state index in [0.717, 1.165) is 42.5 Å². The van der Waals surface area contributed by atoms with Gasteiger partial charge < -0.3 is 9.47 Å². The SMILES string of the molecule is CCc1ccc2c(cnn2C2CCCCO2)c1OC. The molecule has 0 N–H and O–H groups in total. The molecule has 19 heavy (non-hydrogen) atoms. The Labute approximate surface area is 113 Å². The first kappa shape index (κ1) is 12.5. The molecule has 1 aliphatic rings. The molecule has 0 saturated carbocycles. The summed E-state index contributed by atoms with van der Waals surface area (Å²) in [6.07, 6.45) is 6.32. The van der Waals surface area contributed by atoms with Crippen LogP contribution in [0.3, 0.4) is 0 Å². The van der Waals surface area contributed by atoms with Crippen LogP contribution in [0.2, 0.25) is 0 Å². The molecule has 1 aromatic heterocycles. The summed E-state index contributed by atoms with van der Waals surface area (Å²) in [6, 6.07) is 4.25. The Bertz CT molecular complexity index is 571. The molecule has 3 rings (SSSR count). The van der Waals surface area contributed by atoms with Crippen LogP contribution in [0.1, 0.15) is 38.0 Å². The Morgan fingerprint density at radius 2 is 2.32 bits per heavy atom. The summed E-state index contributed by atoms with van der Waals surface area (Å²) in [5.41, 5.74) is 2.32. The lowest BCUT2D eigenvalue weighted by atomic mass is 10.1. The van der Waals surface area contributed by atoms with Crippen LogP contribution in [-0.4, -0.2) is 23.5 Å². The molecule has 1 aliphatic heterocycles. The fourth-order valence-corrected chi connectivity index (χ4v) is 2.81. The molecule has 1 atom stereocenters. The van der Waals surface area contributed by atoms with Crippen molar-refractivity contribution in [3.63, 3.8) is 0 Å². The van der Waals surface area contributed by atoms with Crippen molar-refractivity contribution >= 4 is 10.9 Å². The normalized spacial score (nSPS) is 19.8. The number of fused-ring (bicyclic) bond motifs is 1. The van der Waals surface area contributed by atoms with Gasteiger partial charge in [-0.25, -0.2) is 4.68 Å². The first-order chi connectivity index (χ1) is 9.35. The van der Waals surface area contributed by atoms with Crippen molar-refractivity contribution in [1.82, 2.24) is 9.78 Å². The van der Waals surface area contributed by atoms with Gasteiger partial charge in [-0.05, 0) is 37.3 Å². The van der Waals surface area contributed by atoms with E-state index in [-0.39, 0.29) is 6.23 Å². The molecule has 1 fully saturated rings. The molecular formula is C15H20N2O2. The molecule has 2 heterocycles. The zero-order valence-corrected chi connectivity index (χ0v) is 11.6. The van der Waals surface area contributed by atoms with Gasteiger partial charge in [0.2, 0.25) is 0 Å². The first-order valence-electron chi connectivity index (χ1n) is 7.00. The minimum atomic E-state index is 0.0726. The Morgan fingerprint density at radius 3 is 3.00 bits per heavy atom. The van der Waals surface area contributed by atoms with Crippen LogP contribution < -0.4 is 4.74 Å². The van der Waals surface area contributed by atoms with E-state index >= 15 is 0 Å². The molecular weight excluding hydrogens is 240 g/mol. The second kappa shape index (κ2) is 5.21. The highest BCUT2D eigenvalue weighted by molar-refractivity contribution is 5.86. The fourth-order valence-electron chi connectivity index (χ4n) is 2.81. The zero-order chi connectivity index (χ0) is 13.2. The quantitative estimate of drug-likeness (QED) is 0.849. The third-order valence-electron chi connectivity index (χ3n) is 3.83. The number of aryl methyl sites for hydroxylation is 1. The molecule has 102 valence electrons. The molecule has 2 aromatic rings. The second-order valence-corrected chi connectivity index (χ2v) is 4.95. The van der Waals surface area contributed by atoms with Crippen LogP contribution in [0.15, 0.2) is 18.3 Å². The summed E-state index contributed by atoms with van der Waals surface area (Å²) >= 11 is 0. The van der Waals surface area contributed by atoms with Gasteiger partial charge in [-0.3, -0.25) is 0 Å². The van der Waals surface area contributed by atoms with Crippen molar-refractivity contribution in [2.75, 3.05) is 13.7 Å². The van der Waals surface area contributed by atoms with Gasteiger partial charge in [0.1, 0.15) is 5.75 Å². The van der Waals surface area contributed by atoms with Crippen molar-refractivity contribution in [3.8, 4) is 5.75 Å². The van der Waals surface area contributed by atoms with Gasteiger partial charge >= 0.3 is 0 Å². The number of methoxy groups -OCH3 is 1. The van der Waals surface area contributed by atoms with Crippen LogP contribution in [0.5, 0.6) is 5.75 Å². The van der Waals surface area contributed by atoms with Crippen molar-refractivity contribution in [3.05, 3.63) is 23.9 Å². The zero-order valence-electron chi connectivity index (χ0n) is 11.6. The van der Waals surface area contributed by atoms with Gasteiger partial charge in [-0.2, -0.15) is 5.10 Å². The summed E-state index contributed by atoms with van der Waals surface area (Å²) in [5, 5.41) is 5.59. The number of aromatic nitrogens is 2. The lowest BCUT2D eigenvalue weighted by Crippen LogP contribution is -2.18. The lowest BCUT2D eigenvalue weighted by molar-refractivity contribution is -0.0366. The number of nitrogens with zero attached hydrogens (tertiary/aromatic N) is 2. The van der Waals surface area contributed by atoms with E-state index in [0.29, 0.717) is 0 Å². The molecule has 1 unspecified atom stereocenters. The second-order valence-electron chi connectivity index (χ2n) is 4.95. The minimum absolute atomic E-state index is 0.0726. The Morgan fingerprint density at radius 1 is 1.42 bits per heavy atom. The summed E-state index contributed by atoms with van der Waals surface area (Å²) in [5.74, 6) is 0.946. The van der Waals surface area contributed by atoms with Crippen LogP contribution in [0.25, 0.3) is 10.9 Å². The summed E-state index contributed by atoms with van der Waals surface area (Å²) in [6.45, 7) is 2.97. The Hall–Kier alpha value is -1.55. The molecule has 0 aliphatic carbocycles. The van der Waals surface area contributed by atoms with Crippen LogP contribution in [-0.2, 0) is 11.2 Å². The van der Waals surface area contributed by atoms with Crippen LogP contribution >= 0.6 is 0 Å². The van der Waals surface area contributed by atoms with E-state index < -0.39 is 0 Å². The average Bonchev–Trinajstić information content (AvgIpc) is 2.91. The summed E-state index contributed by atoms with van der Waals surface area (Å²) in [7, 11) is 1.72. The van der Waals surface area contributed by atoms with Gasteiger partial charge in [-0.15, -0.1) is 0 Å².